The zero-order chi connectivity index (χ0) is 38.5. The van der Waals surface area contributed by atoms with Crippen molar-refractivity contribution in [2.75, 3.05) is 52.5 Å². The number of Topliss-reactive ketones (excluding diaryl/α,β-unsaturated/α-hetero) is 1. The Kier molecular flexibility index (Phi) is 14.6. The fraction of sp³-hybridized carbons (Fsp3) is 0.324. The third-order valence-electron chi connectivity index (χ3n) is 8.42. The van der Waals surface area contributed by atoms with Gasteiger partial charge in [0.1, 0.15) is 30.5 Å². The lowest BCUT2D eigenvalue weighted by Gasteiger charge is -2.15. The minimum Gasteiger partial charge on any atom is -0.508 e. The summed E-state index contributed by atoms with van der Waals surface area (Å²) in [5.74, 6) is -6.04. The maximum absolute atomic E-state index is 13.9. The van der Waals surface area contributed by atoms with Crippen molar-refractivity contribution >= 4 is 50.9 Å². The fourth-order valence-corrected chi connectivity index (χ4v) is 7.38. The Morgan fingerprint density at radius 2 is 1.06 bits per heavy atom. The number of phenols is 1. The Bertz CT molecular complexity index is 1800. The third-order valence-corrected chi connectivity index (χ3v) is 9.97. The van der Waals surface area contributed by atoms with E-state index in [-0.39, 0.29) is 11.5 Å². The van der Waals surface area contributed by atoms with Gasteiger partial charge in [-0.15, -0.1) is 0 Å². The number of hydrogen-bond acceptors (Lipinski definition) is 11. The molecule has 1 atom stereocenters. The van der Waals surface area contributed by atoms with E-state index in [4.69, 9.17) is 49.1 Å². The number of allylic oxidation sites excluding steroid dienone is 1. The number of likely N-dealkylation sites (tertiary alicyclic amines) is 2. The number of fused-ring (bicyclic) bond motifs is 1. The molecule has 3 aromatic rings. The van der Waals surface area contributed by atoms with Crippen molar-refractivity contribution in [1.82, 2.24) is 9.80 Å². The van der Waals surface area contributed by atoms with Gasteiger partial charge in [-0.1, -0.05) is 12.1 Å². The molecule has 0 spiro atoms. The number of phenolic OH excluding ortho intramolecular Hbond substituents is 1. The number of nitrogens with zero attached hydrogens (tertiary/aromatic N) is 2. The molecule has 0 aliphatic carbocycles. The molecule has 2 fully saturated rings. The van der Waals surface area contributed by atoms with E-state index in [9.17, 15) is 14.1 Å². The normalized spacial score (nSPS) is 16.4. The van der Waals surface area contributed by atoms with Crippen LogP contribution in [0.25, 0.3) is 10.5 Å². The van der Waals surface area contributed by atoms with Crippen LogP contribution >= 0.6 is 0 Å². The number of ether oxygens (including phenoxy) is 2. The highest BCUT2D eigenvalue weighted by molar-refractivity contribution is 7.95. The van der Waals surface area contributed by atoms with Crippen LogP contribution in [0.2, 0.25) is 0 Å². The van der Waals surface area contributed by atoms with Crippen molar-refractivity contribution < 1.29 is 63.2 Å². The smallest absolute Gasteiger partial charge is 0.414 e. The van der Waals surface area contributed by atoms with Gasteiger partial charge in [0.15, 0.2) is 5.78 Å². The summed E-state index contributed by atoms with van der Waals surface area (Å²) in [7, 11) is -1.62. The average Bonchev–Trinajstić information content (AvgIpc) is 3.91. The van der Waals surface area contributed by atoms with Crippen LogP contribution in [-0.2, 0) is 30.0 Å². The number of rotatable bonds is 11. The quantitative estimate of drug-likeness (QED) is 0.139. The number of aromatic hydroxyl groups is 1. The molecule has 3 aliphatic heterocycles. The molecule has 282 valence electrons. The molecule has 3 aliphatic rings. The summed E-state index contributed by atoms with van der Waals surface area (Å²) in [4.78, 5) is 56.0. The van der Waals surface area contributed by atoms with Gasteiger partial charge in [0.2, 0.25) is 0 Å². The highest BCUT2D eigenvalue weighted by Gasteiger charge is 2.34. The maximum atomic E-state index is 13.9. The largest absolute Gasteiger partial charge is 0.508 e. The number of carbonyl (C=O) groups excluding carboxylic acids is 1. The van der Waals surface area contributed by atoms with Gasteiger partial charge in [-0.3, -0.25) is 14.6 Å². The first-order valence-corrected chi connectivity index (χ1v) is 17.9. The van der Waals surface area contributed by atoms with Crippen molar-refractivity contribution in [3.63, 3.8) is 0 Å². The molecular formula is C37H40N2O13S. The molecule has 3 heterocycles. The van der Waals surface area contributed by atoms with E-state index in [0.29, 0.717) is 45.3 Å². The molecule has 5 N–H and O–H groups in total. The van der Waals surface area contributed by atoms with Gasteiger partial charge in [-0.2, -0.15) is 0 Å². The monoisotopic (exact) mass is 752 g/mol. The van der Waals surface area contributed by atoms with Crippen LogP contribution in [0, 0.1) is 0 Å². The minimum atomic E-state index is -1.82. The predicted molar refractivity (Wildman–Crippen MR) is 191 cm³/mol. The molecule has 15 nitrogen and oxygen atoms in total. The molecule has 0 radical (unpaired) electrons. The number of carbonyl (C=O) groups is 5. The standard InChI is InChI=1S/C33H36N2O5S.2C2H2O4/c36-26-9-14-29-30(23-26)41(38)33(25-7-12-28(13-8-25)40-22-20-35-17-3-4-18-35)31(29)32(37)24-5-10-27(11-6-24)39-21-19-34-15-1-2-16-34;2*3-1(4)2(5)6/h5-14,23,36H,1-4,15-22H2;2*(H,3,4)(H,5,6). The molecule has 0 amide bonds. The third kappa shape index (κ3) is 11.5. The van der Waals surface area contributed by atoms with E-state index < -0.39 is 34.7 Å². The first-order valence-electron chi connectivity index (χ1n) is 16.7. The summed E-state index contributed by atoms with van der Waals surface area (Å²) in [6.45, 7) is 7.53. The number of aliphatic carboxylic acids is 4. The molecule has 16 heteroatoms. The first-order chi connectivity index (χ1) is 25.3. The minimum absolute atomic E-state index is 0.0160. The average molecular weight is 753 g/mol. The van der Waals surface area contributed by atoms with Crippen molar-refractivity contribution in [2.24, 2.45) is 0 Å². The van der Waals surface area contributed by atoms with Gasteiger partial charge in [-0.05, 0) is 112 Å². The van der Waals surface area contributed by atoms with E-state index in [1.165, 1.54) is 37.8 Å². The summed E-state index contributed by atoms with van der Waals surface area (Å²) in [5, 5.41) is 39.7. The van der Waals surface area contributed by atoms with E-state index in [1.54, 1.807) is 18.2 Å². The molecule has 0 aromatic heterocycles. The summed E-state index contributed by atoms with van der Waals surface area (Å²) >= 11 is 0. The van der Waals surface area contributed by atoms with E-state index in [1.807, 2.05) is 36.4 Å². The van der Waals surface area contributed by atoms with Crippen molar-refractivity contribution in [3.05, 3.63) is 83.4 Å². The van der Waals surface area contributed by atoms with Crippen LogP contribution in [0.15, 0.2) is 71.6 Å². The van der Waals surface area contributed by atoms with E-state index in [2.05, 4.69) is 9.80 Å². The Morgan fingerprint density at radius 3 is 1.49 bits per heavy atom. The van der Waals surface area contributed by atoms with Crippen LogP contribution in [0.4, 0.5) is 0 Å². The first kappa shape index (κ1) is 40.2. The summed E-state index contributed by atoms with van der Waals surface area (Å²) < 4.78 is 25.6. The van der Waals surface area contributed by atoms with Gasteiger partial charge >= 0.3 is 23.9 Å². The van der Waals surface area contributed by atoms with Crippen molar-refractivity contribution in [2.45, 2.75) is 30.6 Å². The number of benzene rings is 3. The second kappa shape index (κ2) is 19.3. The highest BCUT2D eigenvalue weighted by Crippen LogP contribution is 2.44. The SMILES string of the molecule is O=C(C1=C(c2ccc(OCCN3CCCC3)cc2)S(=O)c2cc(O)ccc21)c1ccc(OCCN2CCCC2)cc1.O=C(O)C(=O)O.O=C(O)C(=O)O. The number of ketones is 1. The van der Waals surface area contributed by atoms with Crippen LogP contribution in [0.5, 0.6) is 17.2 Å². The Morgan fingerprint density at radius 1 is 0.623 bits per heavy atom. The molecule has 1 unspecified atom stereocenters. The topological polar surface area (TPSA) is 229 Å². The molecule has 53 heavy (non-hydrogen) atoms. The Balaban J connectivity index is 0.000000453. The Hall–Kier alpha value is -5.58. The summed E-state index contributed by atoms with van der Waals surface area (Å²) in [6, 6.07) is 19.3. The van der Waals surface area contributed by atoms with Crippen LogP contribution < -0.4 is 9.47 Å². The van der Waals surface area contributed by atoms with E-state index in [0.717, 1.165) is 50.8 Å². The maximum Gasteiger partial charge on any atom is 0.414 e. The fourth-order valence-electron chi connectivity index (χ4n) is 5.82. The lowest BCUT2D eigenvalue weighted by molar-refractivity contribution is -0.159. The molecular weight excluding hydrogens is 712 g/mol. The van der Waals surface area contributed by atoms with Gasteiger partial charge in [0.25, 0.3) is 0 Å². The van der Waals surface area contributed by atoms with Gasteiger partial charge in [-0.25, -0.2) is 23.4 Å². The number of carboxylic acid groups (broad SMARTS) is 4. The molecule has 3 aromatic carbocycles. The zero-order valence-electron chi connectivity index (χ0n) is 28.6. The predicted octanol–water partition coefficient (Wildman–Crippen LogP) is 3.53. The lowest BCUT2D eigenvalue weighted by Crippen LogP contribution is -2.25. The van der Waals surface area contributed by atoms with Crippen LogP contribution in [0.1, 0.15) is 47.2 Å². The van der Waals surface area contributed by atoms with Crippen LogP contribution in [-0.4, -0.2) is 122 Å². The molecule has 0 saturated carbocycles. The second-order valence-electron chi connectivity index (χ2n) is 12.0. The van der Waals surface area contributed by atoms with Crippen molar-refractivity contribution in [1.29, 1.82) is 0 Å². The van der Waals surface area contributed by atoms with Gasteiger partial charge < -0.3 is 35.0 Å². The van der Waals surface area contributed by atoms with Gasteiger partial charge in [0.05, 0.1) is 20.6 Å². The summed E-state index contributed by atoms with van der Waals surface area (Å²) in [5.41, 5.74) is 2.15. The molecule has 6 rings (SSSR count). The van der Waals surface area contributed by atoms with Crippen LogP contribution in [0.3, 0.4) is 0 Å². The zero-order valence-corrected chi connectivity index (χ0v) is 29.5. The van der Waals surface area contributed by atoms with Gasteiger partial charge in [0, 0.05) is 29.8 Å². The lowest BCUT2D eigenvalue weighted by atomic mass is 9.94. The van der Waals surface area contributed by atoms with Crippen molar-refractivity contribution in [3.8, 4) is 17.2 Å². The number of carboxylic acids is 4. The Labute approximate surface area is 307 Å². The number of hydrogen-bond donors (Lipinski definition) is 5. The highest BCUT2D eigenvalue weighted by atomic mass is 32.2. The molecule has 2 saturated heterocycles. The molecule has 0 bridgehead atoms. The second-order valence-corrected chi connectivity index (χ2v) is 13.4. The summed E-state index contributed by atoms with van der Waals surface area (Å²) in [6.07, 6.45) is 5.00. The van der Waals surface area contributed by atoms with E-state index >= 15 is 0 Å².